The van der Waals surface area contributed by atoms with Crippen molar-refractivity contribution < 1.29 is 9.59 Å². The maximum Gasteiger partial charge on any atom is 0.222 e. The average molecular weight is 241 g/mol. The monoisotopic (exact) mass is 241 g/mol. The summed E-state index contributed by atoms with van der Waals surface area (Å²) in [6.45, 7) is 0.561. The van der Waals surface area contributed by atoms with Crippen molar-refractivity contribution in [3.8, 4) is 0 Å². The van der Waals surface area contributed by atoms with Crippen LogP contribution in [0.15, 0.2) is 0 Å². The van der Waals surface area contributed by atoms with Crippen molar-refractivity contribution in [1.29, 1.82) is 0 Å². The molecule has 17 heavy (non-hydrogen) atoms. The lowest BCUT2D eigenvalue weighted by molar-refractivity contribution is -0.129. The van der Waals surface area contributed by atoms with Crippen molar-refractivity contribution in [1.82, 2.24) is 10.2 Å². The van der Waals surface area contributed by atoms with Crippen molar-refractivity contribution in [2.24, 2.45) is 11.7 Å². The predicted octanol–water partition coefficient (Wildman–Crippen LogP) is 0.0984. The van der Waals surface area contributed by atoms with Gasteiger partial charge in [-0.15, -0.1) is 0 Å². The summed E-state index contributed by atoms with van der Waals surface area (Å²) in [6.07, 6.45) is 3.80. The summed E-state index contributed by atoms with van der Waals surface area (Å²) in [5.41, 5.74) is 5.87. The molecule has 0 aromatic heterocycles. The zero-order valence-electron chi connectivity index (χ0n) is 10.7. The van der Waals surface area contributed by atoms with Gasteiger partial charge in [0.1, 0.15) is 0 Å². The maximum atomic E-state index is 11.5. The molecule has 5 heteroatoms. The highest BCUT2D eigenvalue weighted by Crippen LogP contribution is 2.31. The smallest absolute Gasteiger partial charge is 0.222 e. The molecule has 1 saturated carbocycles. The first-order chi connectivity index (χ1) is 8.00. The van der Waals surface area contributed by atoms with E-state index < -0.39 is 0 Å². The fourth-order valence-electron chi connectivity index (χ4n) is 1.63. The summed E-state index contributed by atoms with van der Waals surface area (Å²) in [5.74, 6) is 0.658. The van der Waals surface area contributed by atoms with Gasteiger partial charge in [0.2, 0.25) is 11.8 Å². The molecule has 1 aliphatic rings. The van der Waals surface area contributed by atoms with Gasteiger partial charge in [0.15, 0.2) is 0 Å². The van der Waals surface area contributed by atoms with Gasteiger partial charge in [0.05, 0.1) is 0 Å². The van der Waals surface area contributed by atoms with E-state index in [-0.39, 0.29) is 17.9 Å². The standard InChI is InChI=1S/C12H23N3O2/c1-15(2)12(17)5-3-4-11(16)14-8-10(13)9-6-7-9/h9-10H,3-8,13H2,1-2H3,(H,14,16). The van der Waals surface area contributed by atoms with Gasteiger partial charge in [-0.3, -0.25) is 9.59 Å². The Morgan fingerprint density at radius 3 is 2.53 bits per heavy atom. The second kappa shape index (κ2) is 6.59. The Morgan fingerprint density at radius 2 is 2.00 bits per heavy atom. The van der Waals surface area contributed by atoms with Crippen LogP contribution in [0.4, 0.5) is 0 Å². The van der Waals surface area contributed by atoms with E-state index in [4.69, 9.17) is 5.73 Å². The highest BCUT2D eigenvalue weighted by molar-refractivity contribution is 5.78. The van der Waals surface area contributed by atoms with Crippen LogP contribution in [-0.4, -0.2) is 43.4 Å². The van der Waals surface area contributed by atoms with E-state index in [1.807, 2.05) is 0 Å². The normalized spacial score (nSPS) is 16.4. The quantitative estimate of drug-likeness (QED) is 0.663. The van der Waals surface area contributed by atoms with E-state index in [9.17, 15) is 9.59 Å². The molecule has 1 rings (SSSR count). The molecule has 98 valence electrons. The molecule has 1 atom stereocenters. The summed E-state index contributed by atoms with van der Waals surface area (Å²) in [6, 6.07) is 0.0994. The largest absolute Gasteiger partial charge is 0.355 e. The number of amides is 2. The van der Waals surface area contributed by atoms with Crippen molar-refractivity contribution >= 4 is 11.8 Å². The molecule has 1 aliphatic carbocycles. The average Bonchev–Trinajstić information content (AvgIpc) is 3.09. The molecule has 0 aromatic carbocycles. The number of rotatable bonds is 7. The highest BCUT2D eigenvalue weighted by Gasteiger charge is 2.28. The molecule has 3 N–H and O–H groups in total. The second-order valence-corrected chi connectivity index (χ2v) is 4.95. The lowest BCUT2D eigenvalue weighted by Crippen LogP contribution is -2.38. The molecule has 0 aromatic rings. The molecule has 5 nitrogen and oxygen atoms in total. The van der Waals surface area contributed by atoms with Crippen LogP contribution in [0.2, 0.25) is 0 Å². The van der Waals surface area contributed by atoms with Gasteiger partial charge >= 0.3 is 0 Å². The van der Waals surface area contributed by atoms with Gasteiger partial charge in [-0.2, -0.15) is 0 Å². The molecule has 0 bridgehead atoms. The van der Waals surface area contributed by atoms with Crippen LogP contribution in [0.25, 0.3) is 0 Å². The molecule has 0 spiro atoms. The molecule has 0 aliphatic heterocycles. The SMILES string of the molecule is CN(C)C(=O)CCCC(=O)NCC(N)C1CC1. The third kappa shape index (κ3) is 5.68. The Morgan fingerprint density at radius 1 is 1.35 bits per heavy atom. The van der Waals surface area contributed by atoms with Gasteiger partial charge < -0.3 is 16.0 Å². The lowest BCUT2D eigenvalue weighted by Gasteiger charge is -2.12. The maximum absolute atomic E-state index is 11.5. The topological polar surface area (TPSA) is 75.4 Å². The highest BCUT2D eigenvalue weighted by atomic mass is 16.2. The van der Waals surface area contributed by atoms with Gasteiger partial charge in [0.25, 0.3) is 0 Å². The van der Waals surface area contributed by atoms with E-state index in [2.05, 4.69) is 5.32 Å². The Labute approximate surface area is 103 Å². The second-order valence-electron chi connectivity index (χ2n) is 4.95. The molecular weight excluding hydrogens is 218 g/mol. The fourth-order valence-corrected chi connectivity index (χ4v) is 1.63. The minimum Gasteiger partial charge on any atom is -0.355 e. The first-order valence-electron chi connectivity index (χ1n) is 6.23. The van der Waals surface area contributed by atoms with E-state index in [0.717, 1.165) is 0 Å². The first-order valence-corrected chi connectivity index (χ1v) is 6.23. The lowest BCUT2D eigenvalue weighted by atomic mass is 10.2. The molecule has 0 radical (unpaired) electrons. The zero-order valence-corrected chi connectivity index (χ0v) is 10.7. The van der Waals surface area contributed by atoms with E-state index in [1.54, 1.807) is 19.0 Å². The van der Waals surface area contributed by atoms with E-state index in [1.165, 1.54) is 12.8 Å². The van der Waals surface area contributed by atoms with Crippen LogP contribution < -0.4 is 11.1 Å². The third-order valence-corrected chi connectivity index (χ3v) is 3.06. The summed E-state index contributed by atoms with van der Waals surface area (Å²) >= 11 is 0. The number of carbonyl (C=O) groups is 2. The van der Waals surface area contributed by atoms with Crippen LogP contribution in [0.1, 0.15) is 32.1 Å². The summed E-state index contributed by atoms with van der Waals surface area (Å²) < 4.78 is 0. The Hall–Kier alpha value is -1.10. The number of carbonyl (C=O) groups excluding carboxylic acids is 2. The summed E-state index contributed by atoms with van der Waals surface area (Å²) in [4.78, 5) is 24.3. The molecule has 1 unspecified atom stereocenters. The number of nitrogens with one attached hydrogen (secondary N) is 1. The van der Waals surface area contributed by atoms with Crippen molar-refractivity contribution in [3.63, 3.8) is 0 Å². The Kier molecular flexibility index (Phi) is 5.41. The fraction of sp³-hybridized carbons (Fsp3) is 0.833. The number of nitrogens with zero attached hydrogens (tertiary/aromatic N) is 1. The van der Waals surface area contributed by atoms with Crippen molar-refractivity contribution in [2.45, 2.75) is 38.1 Å². The Bertz CT molecular complexity index is 275. The van der Waals surface area contributed by atoms with Crippen LogP contribution >= 0.6 is 0 Å². The van der Waals surface area contributed by atoms with Crippen molar-refractivity contribution in [3.05, 3.63) is 0 Å². The van der Waals surface area contributed by atoms with Crippen LogP contribution in [-0.2, 0) is 9.59 Å². The zero-order chi connectivity index (χ0) is 12.8. The predicted molar refractivity (Wildman–Crippen MR) is 66.3 cm³/mol. The number of hydrogen-bond acceptors (Lipinski definition) is 3. The van der Waals surface area contributed by atoms with Crippen LogP contribution in [0, 0.1) is 5.92 Å². The Balaban J connectivity index is 2.02. The molecule has 0 heterocycles. The summed E-state index contributed by atoms with van der Waals surface area (Å²) in [5, 5.41) is 2.82. The van der Waals surface area contributed by atoms with Gasteiger partial charge in [-0.1, -0.05) is 0 Å². The third-order valence-electron chi connectivity index (χ3n) is 3.06. The molecule has 0 saturated heterocycles. The molecule has 1 fully saturated rings. The van der Waals surface area contributed by atoms with Crippen LogP contribution in [0.5, 0.6) is 0 Å². The van der Waals surface area contributed by atoms with E-state index in [0.29, 0.717) is 31.7 Å². The van der Waals surface area contributed by atoms with Crippen LogP contribution in [0.3, 0.4) is 0 Å². The number of nitrogens with two attached hydrogens (primary N) is 1. The minimum absolute atomic E-state index is 0.00680. The van der Waals surface area contributed by atoms with Gasteiger partial charge in [-0.25, -0.2) is 0 Å². The minimum atomic E-state index is -0.00680. The first kappa shape index (κ1) is 14.0. The van der Waals surface area contributed by atoms with Crippen molar-refractivity contribution in [2.75, 3.05) is 20.6 Å². The summed E-state index contributed by atoms with van der Waals surface area (Å²) in [7, 11) is 3.44. The molecular formula is C12H23N3O2. The number of hydrogen-bond donors (Lipinski definition) is 2. The van der Waals surface area contributed by atoms with Gasteiger partial charge in [0, 0.05) is 39.5 Å². The van der Waals surface area contributed by atoms with Gasteiger partial charge in [-0.05, 0) is 25.2 Å². The molecule has 2 amide bonds. The van der Waals surface area contributed by atoms with E-state index >= 15 is 0 Å².